The molecule has 0 fully saturated rings. The van der Waals surface area contributed by atoms with Crippen molar-refractivity contribution in [3.05, 3.63) is 68.4 Å². The molecular weight excluding hydrogens is 376 g/mol. The standard InChI is InChI=1S/C16H14N4O4S2/c21-14(8-5-11-3-6-12(7-4-11)20(23)24)17-16(25)19-18-15(22)10-13-2-1-9-26-13/h1-9H,10H2,(H,18,22)(H2,17,19,21,25). The monoisotopic (exact) mass is 390 g/mol. The fourth-order valence-electron chi connectivity index (χ4n) is 1.81. The van der Waals surface area contributed by atoms with Crippen LogP contribution in [0.5, 0.6) is 0 Å². The fourth-order valence-corrected chi connectivity index (χ4v) is 2.66. The van der Waals surface area contributed by atoms with Crippen LogP contribution in [0.4, 0.5) is 5.69 Å². The molecule has 134 valence electrons. The average Bonchev–Trinajstić information content (AvgIpc) is 3.11. The molecule has 0 aliphatic heterocycles. The van der Waals surface area contributed by atoms with E-state index < -0.39 is 10.8 Å². The first-order chi connectivity index (χ1) is 12.4. The number of thiocarbonyl (C=S) groups is 1. The molecule has 0 spiro atoms. The van der Waals surface area contributed by atoms with Gasteiger partial charge in [0.2, 0.25) is 11.8 Å². The Labute approximate surface area is 158 Å². The molecule has 2 amide bonds. The van der Waals surface area contributed by atoms with E-state index >= 15 is 0 Å². The zero-order chi connectivity index (χ0) is 18.9. The second-order valence-corrected chi connectivity index (χ2v) is 6.37. The van der Waals surface area contributed by atoms with Crippen LogP contribution in [0.1, 0.15) is 10.4 Å². The van der Waals surface area contributed by atoms with Crippen LogP contribution >= 0.6 is 23.6 Å². The molecule has 0 radical (unpaired) electrons. The quantitative estimate of drug-likeness (QED) is 0.311. The van der Waals surface area contributed by atoms with Gasteiger partial charge in [0.1, 0.15) is 0 Å². The second kappa shape index (κ2) is 9.39. The highest BCUT2D eigenvalue weighted by Crippen LogP contribution is 2.12. The molecule has 26 heavy (non-hydrogen) atoms. The molecule has 2 aromatic rings. The Balaban J connectivity index is 1.75. The number of benzene rings is 1. The van der Waals surface area contributed by atoms with Gasteiger partial charge in [0.15, 0.2) is 5.11 Å². The van der Waals surface area contributed by atoms with Crippen LogP contribution in [-0.2, 0) is 16.0 Å². The van der Waals surface area contributed by atoms with Crippen molar-refractivity contribution in [1.29, 1.82) is 0 Å². The number of hydrazine groups is 1. The molecule has 1 aromatic heterocycles. The van der Waals surface area contributed by atoms with Crippen LogP contribution in [0.2, 0.25) is 0 Å². The van der Waals surface area contributed by atoms with Crippen LogP contribution in [0.15, 0.2) is 47.9 Å². The van der Waals surface area contributed by atoms with E-state index in [1.54, 1.807) is 0 Å². The van der Waals surface area contributed by atoms with Gasteiger partial charge in [-0.15, -0.1) is 11.3 Å². The van der Waals surface area contributed by atoms with Crippen molar-refractivity contribution in [3.63, 3.8) is 0 Å². The predicted molar refractivity (Wildman–Crippen MR) is 102 cm³/mol. The van der Waals surface area contributed by atoms with E-state index in [1.165, 1.54) is 47.8 Å². The minimum atomic E-state index is -0.506. The van der Waals surface area contributed by atoms with E-state index in [0.717, 1.165) is 4.88 Å². The van der Waals surface area contributed by atoms with Gasteiger partial charge in [-0.2, -0.15) is 0 Å². The summed E-state index contributed by atoms with van der Waals surface area (Å²) in [7, 11) is 0. The highest BCUT2D eigenvalue weighted by atomic mass is 32.1. The molecule has 10 heteroatoms. The third kappa shape index (κ3) is 6.42. The average molecular weight is 390 g/mol. The van der Waals surface area contributed by atoms with Gasteiger partial charge in [0.05, 0.1) is 11.3 Å². The molecule has 2 rings (SSSR count). The second-order valence-electron chi connectivity index (χ2n) is 4.93. The zero-order valence-electron chi connectivity index (χ0n) is 13.3. The number of nitro benzene ring substituents is 1. The molecule has 0 atom stereocenters. The summed E-state index contributed by atoms with van der Waals surface area (Å²) in [5.41, 5.74) is 5.42. The van der Waals surface area contributed by atoms with Gasteiger partial charge in [0.25, 0.3) is 5.69 Å². The Morgan fingerprint density at radius 2 is 1.92 bits per heavy atom. The minimum Gasteiger partial charge on any atom is -0.298 e. The van der Waals surface area contributed by atoms with Gasteiger partial charge in [-0.1, -0.05) is 6.07 Å². The number of rotatable bonds is 5. The molecule has 0 aliphatic rings. The molecule has 3 N–H and O–H groups in total. The molecular formula is C16H14N4O4S2. The first kappa shape index (κ1) is 19.2. The Hall–Kier alpha value is -3.11. The van der Waals surface area contributed by atoms with Crippen LogP contribution in [0.3, 0.4) is 0 Å². The lowest BCUT2D eigenvalue weighted by Crippen LogP contribution is -2.48. The molecule has 8 nitrogen and oxygen atoms in total. The maximum absolute atomic E-state index is 11.8. The topological polar surface area (TPSA) is 113 Å². The first-order valence-electron chi connectivity index (χ1n) is 7.29. The summed E-state index contributed by atoms with van der Waals surface area (Å²) in [5.74, 6) is -0.793. The van der Waals surface area contributed by atoms with Crippen molar-refractivity contribution < 1.29 is 14.5 Å². The summed E-state index contributed by atoms with van der Waals surface area (Å²) in [5, 5.41) is 14.8. The van der Waals surface area contributed by atoms with Gasteiger partial charge in [-0.25, -0.2) is 0 Å². The molecule has 0 aliphatic carbocycles. The number of hydrogen-bond donors (Lipinski definition) is 3. The number of carbonyl (C=O) groups is 2. The summed E-state index contributed by atoms with van der Waals surface area (Å²) < 4.78 is 0. The van der Waals surface area contributed by atoms with E-state index in [1.807, 2.05) is 17.5 Å². The maximum Gasteiger partial charge on any atom is 0.269 e. The number of non-ortho nitro benzene ring substituents is 1. The van der Waals surface area contributed by atoms with Crippen molar-refractivity contribution in [2.24, 2.45) is 0 Å². The fraction of sp³-hybridized carbons (Fsp3) is 0.0625. The number of nitrogens with zero attached hydrogens (tertiary/aromatic N) is 1. The highest BCUT2D eigenvalue weighted by molar-refractivity contribution is 7.80. The number of thiophene rings is 1. The molecule has 1 aromatic carbocycles. The third-order valence-electron chi connectivity index (χ3n) is 3.00. The van der Waals surface area contributed by atoms with Crippen LogP contribution in [0.25, 0.3) is 6.08 Å². The smallest absolute Gasteiger partial charge is 0.269 e. The SMILES string of the molecule is O=C(C=Cc1ccc([N+](=O)[O-])cc1)NC(=S)NNC(=O)Cc1cccs1. The lowest BCUT2D eigenvalue weighted by Gasteiger charge is -2.09. The molecule has 0 saturated heterocycles. The van der Waals surface area contributed by atoms with E-state index in [4.69, 9.17) is 12.2 Å². The van der Waals surface area contributed by atoms with E-state index in [0.29, 0.717) is 5.56 Å². The van der Waals surface area contributed by atoms with Crippen molar-refractivity contribution in [2.75, 3.05) is 0 Å². The largest absolute Gasteiger partial charge is 0.298 e. The molecule has 1 heterocycles. The zero-order valence-corrected chi connectivity index (χ0v) is 14.9. The minimum absolute atomic E-state index is 0.0322. The maximum atomic E-state index is 11.8. The number of nitrogens with one attached hydrogen (secondary N) is 3. The van der Waals surface area contributed by atoms with Crippen LogP contribution in [0, 0.1) is 10.1 Å². The number of nitro groups is 1. The number of amides is 2. The Kier molecular flexibility index (Phi) is 6.94. The van der Waals surface area contributed by atoms with Crippen molar-refractivity contribution in [2.45, 2.75) is 6.42 Å². The van der Waals surface area contributed by atoms with E-state index in [9.17, 15) is 19.7 Å². The molecule has 0 bridgehead atoms. The summed E-state index contributed by atoms with van der Waals surface area (Å²) in [6, 6.07) is 9.41. The lowest BCUT2D eigenvalue weighted by molar-refractivity contribution is -0.384. The van der Waals surface area contributed by atoms with Crippen LogP contribution in [-0.4, -0.2) is 21.9 Å². The van der Waals surface area contributed by atoms with E-state index in [2.05, 4.69) is 16.2 Å². The number of carbonyl (C=O) groups excluding carboxylic acids is 2. The Morgan fingerprint density at radius 1 is 1.19 bits per heavy atom. The van der Waals surface area contributed by atoms with E-state index in [-0.39, 0.29) is 23.1 Å². The lowest BCUT2D eigenvalue weighted by atomic mass is 10.2. The van der Waals surface area contributed by atoms with Gasteiger partial charge < -0.3 is 0 Å². The van der Waals surface area contributed by atoms with Crippen molar-refractivity contribution in [3.8, 4) is 0 Å². The Bertz CT molecular complexity index is 832. The summed E-state index contributed by atoms with van der Waals surface area (Å²) in [6.45, 7) is 0. The number of hydrogen-bond acceptors (Lipinski definition) is 6. The normalized spacial score (nSPS) is 10.3. The third-order valence-corrected chi connectivity index (χ3v) is 4.08. The first-order valence-corrected chi connectivity index (χ1v) is 8.57. The predicted octanol–water partition coefficient (Wildman–Crippen LogP) is 1.93. The highest BCUT2D eigenvalue weighted by Gasteiger charge is 2.06. The molecule has 0 unspecified atom stereocenters. The van der Waals surface area contributed by atoms with Gasteiger partial charge in [-0.05, 0) is 47.4 Å². The summed E-state index contributed by atoms with van der Waals surface area (Å²) in [6.07, 6.45) is 2.92. The summed E-state index contributed by atoms with van der Waals surface area (Å²) >= 11 is 6.37. The van der Waals surface area contributed by atoms with Gasteiger partial charge in [-0.3, -0.25) is 35.9 Å². The van der Waals surface area contributed by atoms with Crippen LogP contribution < -0.4 is 16.2 Å². The van der Waals surface area contributed by atoms with Crippen molar-refractivity contribution >= 4 is 52.2 Å². The van der Waals surface area contributed by atoms with Crippen molar-refractivity contribution in [1.82, 2.24) is 16.2 Å². The van der Waals surface area contributed by atoms with Gasteiger partial charge in [0, 0.05) is 23.1 Å². The summed E-state index contributed by atoms with van der Waals surface area (Å²) in [4.78, 5) is 34.4. The Morgan fingerprint density at radius 3 is 2.54 bits per heavy atom. The molecule has 0 saturated carbocycles. The van der Waals surface area contributed by atoms with Gasteiger partial charge >= 0.3 is 0 Å².